The van der Waals surface area contributed by atoms with Crippen LogP contribution in [0.25, 0.3) is 22.3 Å². The summed E-state index contributed by atoms with van der Waals surface area (Å²) in [6.45, 7) is 8.59. The highest BCUT2D eigenvalue weighted by Gasteiger charge is 2.56. The van der Waals surface area contributed by atoms with Gasteiger partial charge in [0, 0.05) is 61.6 Å². The Morgan fingerprint density at radius 1 is 0.904 bits per heavy atom. The molecule has 1 spiro atoms. The van der Waals surface area contributed by atoms with Crippen LogP contribution in [0.4, 0.5) is 16.3 Å². The van der Waals surface area contributed by atoms with E-state index in [9.17, 15) is 19.5 Å². The van der Waals surface area contributed by atoms with E-state index in [1.54, 1.807) is 4.90 Å². The van der Waals surface area contributed by atoms with Gasteiger partial charge in [-0.2, -0.15) is 0 Å². The number of carboxylic acids is 1. The molecule has 2 aromatic heterocycles. The Morgan fingerprint density at radius 3 is 2.29 bits per heavy atom. The van der Waals surface area contributed by atoms with Crippen molar-refractivity contribution in [2.24, 2.45) is 5.92 Å². The monoisotopic (exact) mass is 708 g/mol. The Kier molecular flexibility index (Phi) is 8.43. The number of aliphatic carboxylic acids is 1. The topological polar surface area (TPSA) is 127 Å². The average molecular weight is 709 g/mol. The first kappa shape index (κ1) is 33.6. The number of urea groups is 1. The van der Waals surface area contributed by atoms with Crippen molar-refractivity contribution in [2.45, 2.75) is 114 Å². The quantitative estimate of drug-likeness (QED) is 0.312. The average Bonchev–Trinajstić information content (AvgIpc) is 3.80. The lowest BCUT2D eigenvalue weighted by atomic mass is 9.73. The van der Waals surface area contributed by atoms with Crippen LogP contribution in [0.15, 0.2) is 30.6 Å². The fraction of sp³-hybridized carbons (Fsp3) is 0.625. The maximum absolute atomic E-state index is 14.9. The zero-order chi connectivity index (χ0) is 35.7. The van der Waals surface area contributed by atoms with Gasteiger partial charge in [-0.05, 0) is 109 Å². The second kappa shape index (κ2) is 13.0. The lowest BCUT2D eigenvalue weighted by Crippen LogP contribution is -2.59. The second-order valence-electron chi connectivity index (χ2n) is 16.6. The minimum atomic E-state index is -0.777. The van der Waals surface area contributed by atoms with E-state index in [1.165, 1.54) is 19.3 Å². The number of nitrogens with one attached hydrogen (secondary N) is 1. The molecule has 1 aromatic carbocycles. The number of hydrogen-bond donors (Lipinski definition) is 2. The van der Waals surface area contributed by atoms with Gasteiger partial charge < -0.3 is 34.6 Å². The van der Waals surface area contributed by atoms with Crippen LogP contribution < -0.4 is 10.2 Å². The molecule has 4 aliphatic heterocycles. The van der Waals surface area contributed by atoms with Gasteiger partial charge in [-0.3, -0.25) is 9.59 Å². The Morgan fingerprint density at radius 2 is 1.62 bits per heavy atom. The van der Waals surface area contributed by atoms with Gasteiger partial charge in [0.2, 0.25) is 5.91 Å². The van der Waals surface area contributed by atoms with Crippen molar-refractivity contribution in [3.63, 3.8) is 0 Å². The van der Waals surface area contributed by atoms with E-state index in [0.717, 1.165) is 78.1 Å². The number of amides is 3. The summed E-state index contributed by atoms with van der Waals surface area (Å²) in [6, 6.07) is 9.95. The predicted octanol–water partition coefficient (Wildman–Crippen LogP) is 5.87. The van der Waals surface area contributed by atoms with Crippen molar-refractivity contribution in [1.29, 1.82) is 0 Å². The third-order valence-electron chi connectivity index (χ3n) is 13.1. The molecule has 12 nitrogen and oxygen atoms in total. The highest BCUT2D eigenvalue weighted by molar-refractivity contribution is 6.09. The van der Waals surface area contributed by atoms with Gasteiger partial charge in [0.1, 0.15) is 5.52 Å². The minimum absolute atomic E-state index is 0.0306. The van der Waals surface area contributed by atoms with Gasteiger partial charge in [-0.1, -0.05) is 18.6 Å². The molecule has 2 aliphatic carbocycles. The van der Waals surface area contributed by atoms with Crippen LogP contribution in [0, 0.1) is 5.92 Å². The molecule has 0 atom stereocenters. The molecule has 2 N–H and O–H groups in total. The summed E-state index contributed by atoms with van der Waals surface area (Å²) in [5, 5.41) is 13.1. The number of carbonyl (C=O) groups is 3. The number of carboxylic acid groups (broad SMARTS) is 1. The number of likely N-dealkylation sites (tertiary alicyclic amines) is 3. The molecule has 6 heterocycles. The Balaban J connectivity index is 1.02. The first-order chi connectivity index (χ1) is 25.2. The van der Waals surface area contributed by atoms with Gasteiger partial charge in [-0.15, -0.1) is 0 Å². The van der Waals surface area contributed by atoms with E-state index in [1.807, 2.05) is 11.2 Å². The number of benzene rings is 1. The van der Waals surface area contributed by atoms with E-state index >= 15 is 0 Å². The summed E-state index contributed by atoms with van der Waals surface area (Å²) in [5.74, 6) is -0.0980. The summed E-state index contributed by atoms with van der Waals surface area (Å²) in [5.41, 5.74) is 5.21. The highest BCUT2D eigenvalue weighted by atomic mass is 16.4. The molecule has 52 heavy (non-hydrogen) atoms. The number of fused-ring (bicyclic) bond motifs is 3. The maximum Gasteiger partial charge on any atom is 0.319 e. The molecule has 9 rings (SSSR count). The molecule has 0 unspecified atom stereocenters. The van der Waals surface area contributed by atoms with Crippen LogP contribution in [-0.4, -0.2) is 110 Å². The lowest BCUT2D eigenvalue weighted by Gasteiger charge is -2.48. The summed E-state index contributed by atoms with van der Waals surface area (Å²) in [4.78, 5) is 58.5. The van der Waals surface area contributed by atoms with Gasteiger partial charge in [0.25, 0.3) is 0 Å². The Labute approximate surface area is 305 Å². The van der Waals surface area contributed by atoms with Gasteiger partial charge in [-0.25, -0.2) is 14.8 Å². The minimum Gasteiger partial charge on any atom is -0.481 e. The van der Waals surface area contributed by atoms with Crippen LogP contribution in [-0.2, 0) is 15.0 Å². The molecule has 5 fully saturated rings. The number of carbonyl (C=O) groups excluding carboxylic acids is 2. The molecule has 3 aromatic rings. The van der Waals surface area contributed by atoms with E-state index in [-0.39, 0.29) is 29.9 Å². The van der Waals surface area contributed by atoms with Crippen molar-refractivity contribution >= 4 is 40.4 Å². The van der Waals surface area contributed by atoms with Crippen LogP contribution in [0.5, 0.6) is 0 Å². The van der Waals surface area contributed by atoms with Crippen molar-refractivity contribution < 1.29 is 19.5 Å². The summed E-state index contributed by atoms with van der Waals surface area (Å²) in [7, 11) is 0. The molecule has 0 bridgehead atoms. The zero-order valence-corrected chi connectivity index (χ0v) is 30.6. The number of imidazole rings is 1. The van der Waals surface area contributed by atoms with Crippen LogP contribution in [0.1, 0.15) is 96.1 Å². The number of hydrogen-bond acceptors (Lipinski definition) is 7. The third-order valence-corrected chi connectivity index (χ3v) is 13.1. The molecular weight excluding hydrogens is 656 g/mol. The number of anilines is 2. The van der Waals surface area contributed by atoms with Gasteiger partial charge >= 0.3 is 12.0 Å². The largest absolute Gasteiger partial charge is 0.481 e. The molecule has 12 heteroatoms. The Bertz CT molecular complexity index is 1880. The number of piperidine rings is 3. The molecule has 6 aliphatic rings. The van der Waals surface area contributed by atoms with E-state index < -0.39 is 11.4 Å². The van der Waals surface area contributed by atoms with Crippen LogP contribution >= 0.6 is 0 Å². The molecule has 276 valence electrons. The zero-order valence-electron chi connectivity index (χ0n) is 30.6. The molecule has 3 amide bonds. The third kappa shape index (κ3) is 5.72. The molecular formula is C40H52N8O4. The van der Waals surface area contributed by atoms with E-state index in [2.05, 4.69) is 57.8 Å². The lowest BCUT2D eigenvalue weighted by molar-refractivity contribution is -0.143. The Hall–Kier alpha value is -4.19. The maximum atomic E-state index is 14.9. The standard InChI is InChI=1S/C40H52N8O4/c1-25(2)47-24-41-33-23-32(43-36(35(33)47)42-28-7-8-28)27-6-9-31-34(20-27)48(30-21-29(22-30)44-14-4-3-5-15-44)38(51)40(31)12-18-46(19-13-40)39(52)45-16-10-26(11-17-45)37(49)50/h6,9,20,23-26,28-30H,3-5,7-8,10-19,21-22H2,1-2H3,(H,42,43)(H,49,50)/t29-,30+. The first-order valence-electron chi connectivity index (χ1n) is 19.8. The van der Waals surface area contributed by atoms with Crippen LogP contribution in [0.2, 0.25) is 0 Å². The summed E-state index contributed by atoms with van der Waals surface area (Å²) < 4.78 is 2.19. The summed E-state index contributed by atoms with van der Waals surface area (Å²) >= 11 is 0. The smallest absolute Gasteiger partial charge is 0.319 e. The van der Waals surface area contributed by atoms with Crippen LogP contribution in [0.3, 0.4) is 0 Å². The van der Waals surface area contributed by atoms with Crippen molar-refractivity contribution in [1.82, 2.24) is 29.2 Å². The van der Waals surface area contributed by atoms with Gasteiger partial charge in [0.05, 0.1) is 28.9 Å². The molecule has 2 saturated carbocycles. The number of rotatable bonds is 7. The highest BCUT2D eigenvalue weighted by Crippen LogP contribution is 2.52. The molecule has 3 saturated heterocycles. The normalized spacial score (nSPS) is 25.2. The van der Waals surface area contributed by atoms with Crippen molar-refractivity contribution in [3.8, 4) is 11.3 Å². The number of pyridine rings is 1. The fourth-order valence-corrected chi connectivity index (χ4v) is 9.67. The van der Waals surface area contributed by atoms with Crippen molar-refractivity contribution in [3.05, 3.63) is 36.2 Å². The number of aromatic nitrogens is 3. The van der Waals surface area contributed by atoms with Crippen molar-refractivity contribution in [2.75, 3.05) is 49.5 Å². The number of nitrogens with zero attached hydrogens (tertiary/aromatic N) is 7. The SMILES string of the molecule is CC(C)n1cnc2cc(-c3ccc4c(c3)N([C@H]3C[C@@H](N5CCCCC5)C3)C(=O)C43CCN(C(=O)N4CCC(C(=O)O)CC4)CC3)nc(NC3CC3)c21. The van der Waals surface area contributed by atoms with Gasteiger partial charge in [0.15, 0.2) is 5.82 Å². The predicted molar refractivity (Wildman–Crippen MR) is 200 cm³/mol. The van der Waals surface area contributed by atoms with E-state index in [0.29, 0.717) is 63.9 Å². The summed E-state index contributed by atoms with van der Waals surface area (Å²) in [6.07, 6.45) is 12.2. The second-order valence-corrected chi connectivity index (χ2v) is 16.6. The fourth-order valence-electron chi connectivity index (χ4n) is 9.67. The molecule has 0 radical (unpaired) electrons. The van der Waals surface area contributed by atoms with E-state index in [4.69, 9.17) is 9.97 Å². The first-order valence-corrected chi connectivity index (χ1v) is 19.8.